The van der Waals surface area contributed by atoms with Gasteiger partial charge in [0.25, 0.3) is 0 Å². The SMILES string of the molecule is COc1c(C)cnc(Cn2nc3c4c(nc(N(C(=O)OC(C)(C)C)C(=O)OC(C)(C)C)nc42)SCC(C(=O)O)=C3)c1C. The zero-order chi connectivity index (χ0) is 31.1. The van der Waals surface area contributed by atoms with Crippen LogP contribution in [0.25, 0.3) is 17.1 Å². The summed E-state index contributed by atoms with van der Waals surface area (Å²) in [5.41, 5.74) is 1.12. The van der Waals surface area contributed by atoms with Gasteiger partial charge in [-0.15, -0.1) is 16.7 Å². The van der Waals surface area contributed by atoms with Crippen molar-refractivity contribution in [3.8, 4) is 5.75 Å². The van der Waals surface area contributed by atoms with Gasteiger partial charge in [0.2, 0.25) is 5.95 Å². The summed E-state index contributed by atoms with van der Waals surface area (Å²) in [6.07, 6.45) is 1.11. The molecule has 4 rings (SSSR count). The van der Waals surface area contributed by atoms with Crippen molar-refractivity contribution in [1.29, 1.82) is 0 Å². The van der Waals surface area contributed by atoms with E-state index in [1.165, 1.54) is 10.8 Å². The number of carbonyl (C=O) groups is 3. The largest absolute Gasteiger partial charge is 0.496 e. The summed E-state index contributed by atoms with van der Waals surface area (Å²) in [7, 11) is 1.58. The van der Waals surface area contributed by atoms with Crippen LogP contribution in [0.15, 0.2) is 16.8 Å². The predicted molar refractivity (Wildman–Crippen MR) is 156 cm³/mol. The predicted octanol–water partition coefficient (Wildman–Crippen LogP) is 5.15. The number of carboxylic acids is 1. The maximum atomic E-state index is 13.4. The van der Waals surface area contributed by atoms with Crippen LogP contribution < -0.4 is 9.64 Å². The minimum absolute atomic E-state index is 0.0753. The molecule has 0 aromatic carbocycles. The third-order valence-corrected chi connectivity index (χ3v) is 6.95. The van der Waals surface area contributed by atoms with Gasteiger partial charge in [0.05, 0.1) is 30.4 Å². The van der Waals surface area contributed by atoms with Gasteiger partial charge in [-0.3, -0.25) is 4.98 Å². The minimum Gasteiger partial charge on any atom is -0.496 e. The second-order valence-corrected chi connectivity index (χ2v) is 12.6. The van der Waals surface area contributed by atoms with Gasteiger partial charge in [0, 0.05) is 28.6 Å². The second kappa shape index (κ2) is 11.2. The Balaban J connectivity index is 1.94. The van der Waals surface area contributed by atoms with Gasteiger partial charge < -0.3 is 19.3 Å². The summed E-state index contributed by atoms with van der Waals surface area (Å²) in [6, 6.07) is 0. The Kier molecular flexibility index (Phi) is 8.22. The molecule has 0 saturated heterocycles. The third kappa shape index (κ3) is 6.48. The fraction of sp³-hybridized carbons (Fsp3) is 0.464. The highest BCUT2D eigenvalue weighted by atomic mass is 32.2. The standard InChI is InChI=1S/C28H34N6O7S/c1-14-11-29-18(15(2)20(14)39-9)12-33-21-19-17(32-33)10-16(23(35)36)13-42-22(19)31-24(30-21)34(25(37)40-27(3,4)5)26(38)41-28(6,7)8/h10-11H,12-13H2,1-9H3,(H,35,36). The number of ether oxygens (including phenoxy) is 3. The Labute approximate surface area is 247 Å². The third-order valence-electron chi connectivity index (χ3n) is 5.93. The van der Waals surface area contributed by atoms with E-state index in [2.05, 4.69) is 20.1 Å². The first kappa shape index (κ1) is 30.8. The maximum Gasteiger partial charge on any atom is 0.427 e. The number of aliphatic carboxylic acids is 1. The first-order valence-electron chi connectivity index (χ1n) is 13.1. The molecule has 0 radical (unpaired) electrons. The monoisotopic (exact) mass is 598 g/mol. The number of pyridine rings is 1. The molecule has 4 heterocycles. The van der Waals surface area contributed by atoms with Crippen LogP contribution in [-0.2, 0) is 20.8 Å². The normalized spacial score (nSPS) is 13.3. The van der Waals surface area contributed by atoms with E-state index >= 15 is 0 Å². The average molecular weight is 599 g/mol. The number of methoxy groups -OCH3 is 1. The van der Waals surface area contributed by atoms with Gasteiger partial charge in [-0.1, -0.05) is 0 Å². The topological polar surface area (TPSA) is 159 Å². The number of thioether (sulfide) groups is 1. The van der Waals surface area contributed by atoms with Crippen molar-refractivity contribution in [2.75, 3.05) is 17.8 Å². The number of hydrogen-bond donors (Lipinski definition) is 1. The summed E-state index contributed by atoms with van der Waals surface area (Å²) < 4.78 is 18.1. The highest BCUT2D eigenvalue weighted by molar-refractivity contribution is 7.99. The van der Waals surface area contributed by atoms with E-state index in [0.29, 0.717) is 32.4 Å². The molecule has 0 saturated carbocycles. The molecular formula is C28H34N6O7S. The molecule has 42 heavy (non-hydrogen) atoms. The lowest BCUT2D eigenvalue weighted by atomic mass is 10.1. The highest BCUT2D eigenvalue weighted by Gasteiger charge is 2.36. The molecule has 0 bridgehead atoms. The number of hydrogen-bond acceptors (Lipinski definition) is 11. The molecule has 0 aliphatic carbocycles. The molecule has 224 valence electrons. The highest BCUT2D eigenvalue weighted by Crippen LogP contribution is 2.36. The summed E-state index contributed by atoms with van der Waals surface area (Å²) in [6.45, 7) is 13.9. The van der Waals surface area contributed by atoms with Gasteiger partial charge in [0.15, 0.2) is 5.65 Å². The van der Waals surface area contributed by atoms with Crippen LogP contribution in [0, 0.1) is 13.8 Å². The molecule has 13 nitrogen and oxygen atoms in total. The first-order valence-corrected chi connectivity index (χ1v) is 14.1. The summed E-state index contributed by atoms with van der Waals surface area (Å²) in [5.74, 6) is -0.646. The van der Waals surface area contributed by atoms with Gasteiger partial charge in [-0.25, -0.2) is 24.0 Å². The van der Waals surface area contributed by atoms with Gasteiger partial charge in [-0.05, 0) is 61.5 Å². The van der Waals surface area contributed by atoms with Crippen molar-refractivity contribution >= 4 is 53.0 Å². The number of carboxylic acid groups (broad SMARTS) is 1. The molecule has 2 amide bonds. The Hall–Kier alpha value is -4.20. The van der Waals surface area contributed by atoms with Gasteiger partial charge in [0.1, 0.15) is 22.0 Å². The number of nitrogens with zero attached hydrogens (tertiary/aromatic N) is 6. The van der Waals surface area contributed by atoms with Crippen molar-refractivity contribution in [2.45, 2.75) is 78.2 Å². The smallest absolute Gasteiger partial charge is 0.427 e. The Morgan fingerprint density at radius 1 is 1.05 bits per heavy atom. The van der Waals surface area contributed by atoms with E-state index < -0.39 is 29.4 Å². The lowest BCUT2D eigenvalue weighted by molar-refractivity contribution is -0.132. The first-order chi connectivity index (χ1) is 19.5. The lowest BCUT2D eigenvalue weighted by Gasteiger charge is -2.27. The van der Waals surface area contributed by atoms with Crippen molar-refractivity contribution < 1.29 is 33.7 Å². The molecule has 3 aromatic heterocycles. The minimum atomic E-state index is -1.10. The van der Waals surface area contributed by atoms with Crippen molar-refractivity contribution in [1.82, 2.24) is 24.7 Å². The molecule has 1 aliphatic heterocycles. The van der Waals surface area contributed by atoms with Crippen LogP contribution >= 0.6 is 11.8 Å². The number of imide groups is 1. The molecule has 3 aromatic rings. The average Bonchev–Trinajstić information content (AvgIpc) is 3.06. The Bertz CT molecular complexity index is 1590. The van der Waals surface area contributed by atoms with Crippen molar-refractivity contribution in [3.05, 3.63) is 34.3 Å². The lowest BCUT2D eigenvalue weighted by Crippen LogP contribution is -2.44. The van der Waals surface area contributed by atoms with E-state index in [0.717, 1.165) is 22.9 Å². The zero-order valence-corrected chi connectivity index (χ0v) is 25.9. The van der Waals surface area contributed by atoms with E-state index in [4.69, 9.17) is 14.2 Å². The molecule has 14 heteroatoms. The number of aromatic nitrogens is 5. The molecular weight excluding hydrogens is 564 g/mol. The molecule has 0 fully saturated rings. The van der Waals surface area contributed by atoms with Crippen LogP contribution in [-0.4, -0.2) is 72.1 Å². The zero-order valence-electron chi connectivity index (χ0n) is 25.1. The van der Waals surface area contributed by atoms with E-state index in [1.54, 1.807) is 54.8 Å². The van der Waals surface area contributed by atoms with Crippen molar-refractivity contribution in [3.63, 3.8) is 0 Å². The molecule has 1 N–H and O–H groups in total. The van der Waals surface area contributed by atoms with E-state index in [9.17, 15) is 19.5 Å². The number of rotatable bonds is 5. The number of amides is 2. The summed E-state index contributed by atoms with van der Waals surface area (Å²) in [4.78, 5) is 53.0. The van der Waals surface area contributed by atoms with Crippen LogP contribution in [0.2, 0.25) is 0 Å². The van der Waals surface area contributed by atoms with Crippen LogP contribution in [0.4, 0.5) is 15.5 Å². The number of aryl methyl sites for hydroxylation is 1. The van der Waals surface area contributed by atoms with Gasteiger partial charge in [-0.2, -0.15) is 10.1 Å². The molecule has 0 unspecified atom stereocenters. The van der Waals surface area contributed by atoms with E-state index in [-0.39, 0.29) is 29.5 Å². The fourth-order valence-electron chi connectivity index (χ4n) is 4.17. The molecule has 0 spiro atoms. The molecule has 1 aliphatic rings. The number of anilines is 1. The molecule has 0 atom stereocenters. The van der Waals surface area contributed by atoms with Crippen LogP contribution in [0.1, 0.15) is 64.1 Å². The van der Waals surface area contributed by atoms with Crippen molar-refractivity contribution in [2.24, 2.45) is 0 Å². The van der Waals surface area contributed by atoms with E-state index in [1.807, 2.05) is 13.8 Å². The Morgan fingerprint density at radius 3 is 2.21 bits per heavy atom. The van der Waals surface area contributed by atoms with Gasteiger partial charge >= 0.3 is 18.2 Å². The summed E-state index contributed by atoms with van der Waals surface area (Å²) >= 11 is 1.13. The Morgan fingerprint density at radius 2 is 1.67 bits per heavy atom. The maximum absolute atomic E-state index is 13.4. The second-order valence-electron chi connectivity index (χ2n) is 11.7. The van der Waals surface area contributed by atoms with Crippen LogP contribution in [0.5, 0.6) is 5.75 Å². The number of carbonyl (C=O) groups excluding carboxylic acids is 2. The fourth-order valence-corrected chi connectivity index (χ4v) is 5.16. The summed E-state index contributed by atoms with van der Waals surface area (Å²) in [5, 5.41) is 15.2. The quantitative estimate of drug-likeness (QED) is 0.386. The van der Waals surface area contributed by atoms with Crippen LogP contribution in [0.3, 0.4) is 0 Å².